The summed E-state index contributed by atoms with van der Waals surface area (Å²) in [7, 11) is 1.66. The Kier molecular flexibility index (Phi) is 5.13. The number of para-hydroxylation sites is 1. The van der Waals surface area contributed by atoms with Crippen LogP contribution in [0.15, 0.2) is 84.9 Å². The fourth-order valence-electron chi connectivity index (χ4n) is 3.22. The molecule has 1 N–H and O–H groups in total. The highest BCUT2D eigenvalue weighted by molar-refractivity contribution is 5.71. The summed E-state index contributed by atoms with van der Waals surface area (Å²) >= 11 is 0. The topological polar surface area (TPSA) is 55.2 Å². The Bertz CT molecular complexity index is 1020. The highest BCUT2D eigenvalue weighted by Crippen LogP contribution is 2.30. The lowest BCUT2D eigenvalue weighted by atomic mass is 10.0. The van der Waals surface area contributed by atoms with Gasteiger partial charge in [0.25, 0.3) is 0 Å². The van der Waals surface area contributed by atoms with Crippen LogP contribution in [0.2, 0.25) is 0 Å². The average Bonchev–Trinajstić information content (AvgIpc) is 2.79. The summed E-state index contributed by atoms with van der Waals surface area (Å²) < 4.78 is 5.47. The van der Waals surface area contributed by atoms with E-state index in [0.29, 0.717) is 0 Å². The minimum absolute atomic E-state index is 0.0242. The highest BCUT2D eigenvalue weighted by Gasteiger charge is 2.10. The van der Waals surface area contributed by atoms with E-state index in [1.165, 1.54) is 0 Å². The van der Waals surface area contributed by atoms with E-state index in [-0.39, 0.29) is 6.61 Å². The normalized spacial score (nSPS) is 10.6. The van der Waals surface area contributed by atoms with Gasteiger partial charge in [-0.1, -0.05) is 48.5 Å². The molecule has 0 saturated heterocycles. The van der Waals surface area contributed by atoms with E-state index in [0.717, 1.165) is 45.2 Å². The molecule has 4 nitrogen and oxygen atoms in total. The number of benzene rings is 2. The zero-order valence-corrected chi connectivity index (χ0v) is 15.5. The van der Waals surface area contributed by atoms with Crippen LogP contribution in [0, 0.1) is 0 Å². The number of aliphatic hydroxyl groups excluding tert-OH is 1. The lowest BCUT2D eigenvalue weighted by Gasteiger charge is -2.10. The molecule has 138 valence electrons. The summed E-state index contributed by atoms with van der Waals surface area (Å²) in [5.41, 5.74) is 5.92. The molecule has 28 heavy (non-hydrogen) atoms. The van der Waals surface area contributed by atoms with Crippen LogP contribution < -0.4 is 4.74 Å². The minimum Gasteiger partial charge on any atom is -0.496 e. The molecule has 0 aliphatic rings. The number of rotatable bonds is 5. The zero-order chi connectivity index (χ0) is 19.3. The van der Waals surface area contributed by atoms with Crippen molar-refractivity contribution in [1.82, 2.24) is 9.97 Å². The standard InChI is InChI=1S/C24H20N2O2/c1-28-24-15-5-4-10-19(24)21-12-7-14-23(26-21)22-13-6-11-20(25-22)18-9-3-2-8-17(18)16-27/h2-15,27H,16H2,1H3. The third-order valence-electron chi connectivity index (χ3n) is 4.61. The SMILES string of the molecule is COc1ccccc1-c1cccc(-c2cccc(-c3ccccc3CO)n2)n1. The number of aliphatic hydroxyl groups is 1. The summed E-state index contributed by atoms with van der Waals surface area (Å²) in [6.45, 7) is -0.0242. The molecule has 2 aromatic carbocycles. The summed E-state index contributed by atoms with van der Waals surface area (Å²) in [5, 5.41) is 9.63. The van der Waals surface area contributed by atoms with Crippen molar-refractivity contribution in [2.45, 2.75) is 6.61 Å². The lowest BCUT2D eigenvalue weighted by molar-refractivity contribution is 0.282. The van der Waals surface area contributed by atoms with Crippen molar-refractivity contribution >= 4 is 0 Å². The van der Waals surface area contributed by atoms with Crippen molar-refractivity contribution < 1.29 is 9.84 Å². The molecule has 0 atom stereocenters. The van der Waals surface area contributed by atoms with Crippen molar-refractivity contribution in [1.29, 1.82) is 0 Å². The van der Waals surface area contributed by atoms with Gasteiger partial charge in [-0.05, 0) is 42.0 Å². The van der Waals surface area contributed by atoms with Crippen LogP contribution in [0.5, 0.6) is 5.75 Å². The number of ether oxygens (including phenoxy) is 1. The Labute approximate surface area is 164 Å². The van der Waals surface area contributed by atoms with Crippen LogP contribution in [0.4, 0.5) is 0 Å². The van der Waals surface area contributed by atoms with Gasteiger partial charge < -0.3 is 9.84 Å². The molecule has 4 rings (SSSR count). The van der Waals surface area contributed by atoms with E-state index in [2.05, 4.69) is 0 Å². The van der Waals surface area contributed by atoms with Gasteiger partial charge in [0.15, 0.2) is 0 Å². The molecule has 0 fully saturated rings. The van der Waals surface area contributed by atoms with E-state index >= 15 is 0 Å². The van der Waals surface area contributed by atoms with Crippen LogP contribution in [0.1, 0.15) is 5.56 Å². The van der Waals surface area contributed by atoms with Gasteiger partial charge in [0.05, 0.1) is 36.5 Å². The first-order valence-corrected chi connectivity index (χ1v) is 9.07. The first-order chi connectivity index (χ1) is 13.8. The van der Waals surface area contributed by atoms with Crippen LogP contribution in [-0.2, 0) is 6.61 Å². The largest absolute Gasteiger partial charge is 0.496 e. The number of nitrogens with zero attached hydrogens (tertiary/aromatic N) is 2. The molecular weight excluding hydrogens is 348 g/mol. The molecule has 0 unspecified atom stereocenters. The minimum atomic E-state index is -0.0242. The molecule has 0 spiro atoms. The number of pyridine rings is 2. The molecule has 4 aromatic rings. The van der Waals surface area contributed by atoms with Gasteiger partial charge in [0.2, 0.25) is 0 Å². The Morgan fingerprint density at radius 2 is 1.18 bits per heavy atom. The quantitative estimate of drug-likeness (QED) is 0.540. The maximum atomic E-state index is 9.63. The Morgan fingerprint density at radius 3 is 1.82 bits per heavy atom. The third kappa shape index (κ3) is 3.50. The maximum Gasteiger partial charge on any atom is 0.128 e. The van der Waals surface area contributed by atoms with Gasteiger partial charge in [-0.3, -0.25) is 0 Å². The van der Waals surface area contributed by atoms with Crippen LogP contribution in [0.3, 0.4) is 0 Å². The first-order valence-electron chi connectivity index (χ1n) is 9.07. The van der Waals surface area contributed by atoms with Gasteiger partial charge in [-0.2, -0.15) is 0 Å². The average molecular weight is 368 g/mol. The van der Waals surface area contributed by atoms with Crippen LogP contribution >= 0.6 is 0 Å². The number of hydrogen-bond acceptors (Lipinski definition) is 4. The van der Waals surface area contributed by atoms with Gasteiger partial charge in [-0.15, -0.1) is 0 Å². The molecule has 0 bridgehead atoms. The molecular formula is C24H20N2O2. The summed E-state index contributed by atoms with van der Waals surface area (Å²) in [6, 6.07) is 27.3. The summed E-state index contributed by atoms with van der Waals surface area (Å²) in [4.78, 5) is 9.60. The van der Waals surface area contributed by atoms with Crippen molar-refractivity contribution in [2.24, 2.45) is 0 Å². The van der Waals surface area contributed by atoms with Gasteiger partial charge >= 0.3 is 0 Å². The van der Waals surface area contributed by atoms with E-state index in [4.69, 9.17) is 14.7 Å². The predicted molar refractivity (Wildman–Crippen MR) is 111 cm³/mol. The molecule has 2 aromatic heterocycles. The number of aromatic nitrogens is 2. The van der Waals surface area contributed by atoms with Gasteiger partial charge in [-0.25, -0.2) is 9.97 Å². The summed E-state index contributed by atoms with van der Waals surface area (Å²) in [5.74, 6) is 0.783. The van der Waals surface area contributed by atoms with E-state index in [1.54, 1.807) is 7.11 Å². The Balaban J connectivity index is 1.77. The molecule has 2 heterocycles. The Morgan fingerprint density at radius 1 is 0.643 bits per heavy atom. The molecule has 0 radical (unpaired) electrons. The smallest absolute Gasteiger partial charge is 0.128 e. The van der Waals surface area contributed by atoms with E-state index in [1.807, 2.05) is 84.9 Å². The summed E-state index contributed by atoms with van der Waals surface area (Å²) in [6.07, 6.45) is 0. The van der Waals surface area contributed by atoms with Gasteiger partial charge in [0.1, 0.15) is 5.75 Å². The zero-order valence-electron chi connectivity index (χ0n) is 15.5. The van der Waals surface area contributed by atoms with Gasteiger partial charge in [0, 0.05) is 11.1 Å². The lowest BCUT2D eigenvalue weighted by Crippen LogP contribution is -1.95. The van der Waals surface area contributed by atoms with E-state index in [9.17, 15) is 5.11 Å². The predicted octanol–water partition coefficient (Wildman–Crippen LogP) is 4.98. The number of methoxy groups -OCH3 is 1. The molecule has 0 saturated carbocycles. The van der Waals surface area contributed by atoms with E-state index < -0.39 is 0 Å². The highest BCUT2D eigenvalue weighted by atomic mass is 16.5. The molecule has 0 aliphatic carbocycles. The monoisotopic (exact) mass is 368 g/mol. The molecule has 0 amide bonds. The number of hydrogen-bond donors (Lipinski definition) is 1. The maximum absolute atomic E-state index is 9.63. The Hall–Kier alpha value is -3.50. The van der Waals surface area contributed by atoms with Crippen molar-refractivity contribution in [3.8, 4) is 39.7 Å². The third-order valence-corrected chi connectivity index (χ3v) is 4.61. The second kappa shape index (κ2) is 8.03. The first kappa shape index (κ1) is 17.9. The van der Waals surface area contributed by atoms with Crippen molar-refractivity contribution in [3.05, 3.63) is 90.5 Å². The van der Waals surface area contributed by atoms with Crippen LogP contribution in [0.25, 0.3) is 33.9 Å². The molecule has 0 aliphatic heterocycles. The fraction of sp³-hybridized carbons (Fsp3) is 0.0833. The second-order valence-corrected chi connectivity index (χ2v) is 6.33. The van der Waals surface area contributed by atoms with Crippen molar-refractivity contribution in [3.63, 3.8) is 0 Å². The van der Waals surface area contributed by atoms with Crippen LogP contribution in [-0.4, -0.2) is 22.2 Å². The second-order valence-electron chi connectivity index (χ2n) is 6.33. The molecule has 4 heteroatoms. The fourth-order valence-corrected chi connectivity index (χ4v) is 3.22. The van der Waals surface area contributed by atoms with Crippen molar-refractivity contribution in [2.75, 3.05) is 7.11 Å².